The van der Waals surface area contributed by atoms with Crippen molar-refractivity contribution in [3.63, 3.8) is 0 Å². The summed E-state index contributed by atoms with van der Waals surface area (Å²) in [7, 11) is 3.21. The fraction of sp³-hybridized carbons (Fsp3) is 0.111. The Morgan fingerprint density at radius 2 is 1.96 bits per heavy atom. The van der Waals surface area contributed by atoms with Gasteiger partial charge in [-0.15, -0.1) is 0 Å². The Morgan fingerprint density at radius 3 is 2.73 bits per heavy atom. The van der Waals surface area contributed by atoms with Gasteiger partial charge in [-0.05, 0) is 24.3 Å². The molecule has 0 aliphatic heterocycles. The van der Waals surface area contributed by atoms with E-state index in [9.17, 15) is 9.18 Å². The van der Waals surface area contributed by atoms with Crippen molar-refractivity contribution >= 4 is 28.2 Å². The minimum absolute atomic E-state index is 0.357. The van der Waals surface area contributed by atoms with Crippen molar-refractivity contribution < 1.29 is 18.7 Å². The topological polar surface area (TPSA) is 63.7 Å². The second kappa shape index (κ2) is 7.83. The summed E-state index contributed by atoms with van der Waals surface area (Å²) >= 11 is 1.14. The van der Waals surface area contributed by atoms with Crippen LogP contribution in [0.5, 0.6) is 16.6 Å². The van der Waals surface area contributed by atoms with Crippen LogP contribution in [-0.4, -0.2) is 25.2 Å². The number of urea groups is 1. The Kier molecular flexibility index (Phi) is 5.33. The number of hydrogen-bond donors (Lipinski definition) is 1. The second-order valence-corrected chi connectivity index (χ2v) is 6.23. The smallest absolute Gasteiger partial charge is 0.327 e. The number of thiazole rings is 1. The van der Waals surface area contributed by atoms with E-state index in [-0.39, 0.29) is 11.8 Å². The molecule has 0 unspecified atom stereocenters. The maximum Gasteiger partial charge on any atom is 0.327 e. The standard InChI is InChI=1S/C18H16FN3O3S/c1-22(13-6-4-7-14(10-13)24-2)18(23)21-17-20-11-16(26-17)25-15-8-3-5-12(19)9-15/h3-11H,1-2H3,(H,20,21,23). The van der Waals surface area contributed by atoms with E-state index in [1.54, 1.807) is 50.6 Å². The molecule has 0 aliphatic carbocycles. The first-order valence-electron chi connectivity index (χ1n) is 7.63. The number of aromatic nitrogens is 1. The van der Waals surface area contributed by atoms with Crippen molar-refractivity contribution in [3.05, 3.63) is 60.5 Å². The summed E-state index contributed by atoms with van der Waals surface area (Å²) < 4.78 is 23.9. The predicted molar refractivity (Wildman–Crippen MR) is 99.0 cm³/mol. The maximum absolute atomic E-state index is 13.2. The molecule has 1 aromatic heterocycles. The van der Waals surface area contributed by atoms with Crippen LogP contribution >= 0.6 is 11.3 Å². The number of nitrogens with one attached hydrogen (secondary N) is 1. The highest BCUT2D eigenvalue weighted by molar-refractivity contribution is 7.17. The van der Waals surface area contributed by atoms with E-state index >= 15 is 0 Å². The van der Waals surface area contributed by atoms with Crippen molar-refractivity contribution in [1.82, 2.24) is 4.98 Å². The van der Waals surface area contributed by atoms with Gasteiger partial charge in [-0.25, -0.2) is 14.2 Å². The van der Waals surface area contributed by atoms with Gasteiger partial charge in [0.05, 0.1) is 13.3 Å². The van der Waals surface area contributed by atoms with E-state index in [2.05, 4.69) is 10.3 Å². The largest absolute Gasteiger partial charge is 0.497 e. The van der Waals surface area contributed by atoms with Gasteiger partial charge >= 0.3 is 6.03 Å². The Morgan fingerprint density at radius 1 is 1.19 bits per heavy atom. The van der Waals surface area contributed by atoms with Gasteiger partial charge in [0.2, 0.25) is 5.06 Å². The van der Waals surface area contributed by atoms with Crippen molar-refractivity contribution in [2.45, 2.75) is 0 Å². The van der Waals surface area contributed by atoms with Crippen LogP contribution in [0.25, 0.3) is 0 Å². The SMILES string of the molecule is COc1cccc(N(C)C(=O)Nc2ncc(Oc3cccc(F)c3)s2)c1. The Labute approximate surface area is 153 Å². The summed E-state index contributed by atoms with van der Waals surface area (Å²) in [6.07, 6.45) is 1.47. The number of benzene rings is 2. The van der Waals surface area contributed by atoms with E-state index in [0.717, 1.165) is 11.3 Å². The normalized spacial score (nSPS) is 10.3. The van der Waals surface area contributed by atoms with Crippen LogP contribution in [0.15, 0.2) is 54.7 Å². The fourth-order valence-corrected chi connectivity index (χ4v) is 2.80. The summed E-state index contributed by atoms with van der Waals surface area (Å²) in [5.74, 6) is 0.627. The van der Waals surface area contributed by atoms with Gasteiger partial charge in [-0.3, -0.25) is 10.2 Å². The molecule has 0 fully saturated rings. The van der Waals surface area contributed by atoms with Crippen LogP contribution in [0.4, 0.5) is 20.0 Å². The lowest BCUT2D eigenvalue weighted by atomic mass is 10.3. The van der Waals surface area contributed by atoms with Crippen LogP contribution < -0.4 is 19.7 Å². The molecule has 3 aromatic rings. The molecular formula is C18H16FN3O3S. The van der Waals surface area contributed by atoms with E-state index in [1.807, 2.05) is 0 Å². The van der Waals surface area contributed by atoms with Crippen LogP contribution in [0.3, 0.4) is 0 Å². The molecule has 0 radical (unpaired) electrons. The molecule has 3 rings (SSSR count). The molecule has 8 heteroatoms. The molecule has 0 bridgehead atoms. The van der Waals surface area contributed by atoms with E-state index < -0.39 is 0 Å². The number of anilines is 2. The van der Waals surface area contributed by atoms with Crippen molar-refractivity contribution in [2.24, 2.45) is 0 Å². The maximum atomic E-state index is 13.2. The second-order valence-electron chi connectivity index (χ2n) is 5.23. The molecule has 1 heterocycles. The molecule has 0 saturated carbocycles. The predicted octanol–water partition coefficient (Wildman–Crippen LogP) is 4.75. The zero-order chi connectivity index (χ0) is 18.5. The highest BCUT2D eigenvalue weighted by Gasteiger charge is 2.14. The Balaban J connectivity index is 1.65. The van der Waals surface area contributed by atoms with E-state index in [4.69, 9.17) is 9.47 Å². The minimum atomic E-state index is -0.388. The van der Waals surface area contributed by atoms with Crippen molar-refractivity contribution in [1.29, 1.82) is 0 Å². The van der Waals surface area contributed by atoms with Gasteiger partial charge in [0.1, 0.15) is 17.3 Å². The zero-order valence-electron chi connectivity index (χ0n) is 14.1. The van der Waals surface area contributed by atoms with Crippen LogP contribution in [-0.2, 0) is 0 Å². The number of halogens is 1. The first-order chi connectivity index (χ1) is 12.5. The first-order valence-corrected chi connectivity index (χ1v) is 8.45. The van der Waals surface area contributed by atoms with Crippen LogP contribution in [0.1, 0.15) is 0 Å². The molecule has 0 atom stereocenters. The third-order valence-electron chi connectivity index (χ3n) is 3.46. The Bertz CT molecular complexity index is 916. The van der Waals surface area contributed by atoms with Gasteiger partial charge in [0.25, 0.3) is 0 Å². The molecule has 0 aliphatic rings. The fourth-order valence-electron chi connectivity index (χ4n) is 2.12. The highest BCUT2D eigenvalue weighted by atomic mass is 32.1. The van der Waals surface area contributed by atoms with Crippen LogP contribution in [0, 0.1) is 5.82 Å². The molecular weight excluding hydrogens is 357 g/mol. The molecule has 1 N–H and O–H groups in total. The first kappa shape index (κ1) is 17.7. The minimum Gasteiger partial charge on any atom is -0.497 e. The average Bonchev–Trinajstić information content (AvgIpc) is 3.07. The highest BCUT2D eigenvalue weighted by Crippen LogP contribution is 2.31. The lowest BCUT2D eigenvalue weighted by Gasteiger charge is -2.17. The van der Waals surface area contributed by atoms with E-state index in [0.29, 0.717) is 27.4 Å². The number of hydrogen-bond acceptors (Lipinski definition) is 5. The number of rotatable bonds is 5. The van der Waals surface area contributed by atoms with Crippen molar-refractivity contribution in [3.8, 4) is 16.6 Å². The quantitative estimate of drug-likeness (QED) is 0.701. The number of ether oxygens (including phenoxy) is 2. The monoisotopic (exact) mass is 373 g/mol. The third kappa shape index (κ3) is 4.28. The average molecular weight is 373 g/mol. The van der Waals surface area contributed by atoms with Gasteiger partial charge in [0.15, 0.2) is 5.13 Å². The lowest BCUT2D eigenvalue weighted by Crippen LogP contribution is -2.31. The number of carbonyl (C=O) groups excluding carboxylic acids is 1. The number of methoxy groups -OCH3 is 1. The summed E-state index contributed by atoms with van der Waals surface area (Å²) in [4.78, 5) is 17.9. The molecule has 0 spiro atoms. The van der Waals surface area contributed by atoms with Gasteiger partial charge in [0, 0.05) is 24.9 Å². The number of nitrogens with zero attached hydrogens (tertiary/aromatic N) is 2. The zero-order valence-corrected chi connectivity index (χ0v) is 14.9. The van der Waals surface area contributed by atoms with Gasteiger partial charge in [-0.2, -0.15) is 0 Å². The van der Waals surface area contributed by atoms with Crippen molar-refractivity contribution in [2.75, 3.05) is 24.4 Å². The van der Waals surface area contributed by atoms with Gasteiger partial charge in [-0.1, -0.05) is 23.5 Å². The molecule has 2 aromatic carbocycles. The number of carbonyl (C=O) groups is 1. The molecule has 134 valence electrons. The summed E-state index contributed by atoms with van der Waals surface area (Å²) in [6, 6.07) is 12.6. The molecule has 6 nitrogen and oxygen atoms in total. The number of amides is 2. The Hall–Kier alpha value is -3.13. The van der Waals surface area contributed by atoms with Gasteiger partial charge < -0.3 is 9.47 Å². The summed E-state index contributed by atoms with van der Waals surface area (Å²) in [5.41, 5.74) is 0.676. The molecule has 2 amide bonds. The molecule has 0 saturated heterocycles. The third-order valence-corrected chi connectivity index (χ3v) is 4.25. The van der Waals surface area contributed by atoms with Crippen LogP contribution in [0.2, 0.25) is 0 Å². The summed E-state index contributed by atoms with van der Waals surface area (Å²) in [5, 5.41) is 3.51. The molecule has 26 heavy (non-hydrogen) atoms. The van der Waals surface area contributed by atoms with E-state index in [1.165, 1.54) is 23.2 Å². The lowest BCUT2D eigenvalue weighted by molar-refractivity contribution is 0.258. The summed E-state index contributed by atoms with van der Waals surface area (Å²) in [6.45, 7) is 0.